The number of ether oxygens (including phenoxy) is 5. The van der Waals surface area contributed by atoms with E-state index in [0.29, 0.717) is 33.3 Å². The molecular formula is C61H62F4N10O11. The lowest BCUT2D eigenvalue weighted by atomic mass is 10.0. The first kappa shape index (κ1) is 62.6. The van der Waals surface area contributed by atoms with E-state index in [0.717, 1.165) is 32.1 Å². The van der Waals surface area contributed by atoms with Crippen molar-refractivity contribution in [2.75, 3.05) is 85.5 Å². The highest BCUT2D eigenvalue weighted by atomic mass is 19.3. The Bertz CT molecular complexity index is 3330. The van der Waals surface area contributed by atoms with Crippen LogP contribution in [-0.4, -0.2) is 175 Å². The van der Waals surface area contributed by atoms with Gasteiger partial charge in [0.1, 0.15) is 48.9 Å². The summed E-state index contributed by atoms with van der Waals surface area (Å²) in [5.41, 5.74) is 3.76. The van der Waals surface area contributed by atoms with Crippen molar-refractivity contribution < 1.29 is 70.0 Å². The van der Waals surface area contributed by atoms with E-state index in [1.54, 1.807) is 81.4 Å². The fourth-order valence-corrected chi connectivity index (χ4v) is 9.55. The molecule has 8 rings (SSSR count). The standard InChI is InChI=1S/C61H62F4N10O11/c1-59(2,3)86-58(81)72-34-53(76)73(20-22-82-24-26-84-45-10-4-39(5-11-45)41-8-14-51-49(28-41)47(16-18-68-51)56(79)70-35-54(77)74-37-60(62,63)30-43(74)32-66)21-23-83-25-27-85-46-12-6-40(7-13-46)42-9-15-52-50(29-42)48(17-19-69-52)57(80)71-36-55(78)75-38-61(64,65)31-44(75)33-67/h4-19,28-29,43-44H,20-27,30-31,34-38H2,1-3H3,(H,70,79)(H,71,80)(H,72,81)/t43-,44-/m0/s1. The number of aromatic nitrogens is 2. The predicted molar refractivity (Wildman–Crippen MR) is 304 cm³/mol. The minimum absolute atomic E-state index is 0.137. The molecule has 0 aliphatic carbocycles. The average Bonchev–Trinajstić information content (AvgIpc) is 4.14. The second-order valence-electron chi connectivity index (χ2n) is 21.2. The van der Waals surface area contributed by atoms with Crippen LogP contribution in [0.2, 0.25) is 0 Å². The van der Waals surface area contributed by atoms with Crippen molar-refractivity contribution in [3.8, 4) is 45.9 Å². The Morgan fingerprint density at radius 2 is 1.00 bits per heavy atom. The molecule has 2 aromatic heterocycles. The molecule has 6 aromatic rings. The van der Waals surface area contributed by atoms with E-state index in [1.165, 1.54) is 29.4 Å². The number of carbonyl (C=O) groups excluding carboxylic acids is 6. The summed E-state index contributed by atoms with van der Waals surface area (Å²) in [7, 11) is 0. The van der Waals surface area contributed by atoms with E-state index in [2.05, 4.69) is 25.9 Å². The first-order valence-electron chi connectivity index (χ1n) is 27.4. The van der Waals surface area contributed by atoms with Crippen molar-refractivity contribution >= 4 is 57.4 Å². The van der Waals surface area contributed by atoms with Crippen molar-refractivity contribution in [2.45, 2.75) is 63.1 Å². The number of likely N-dealkylation sites (tertiary alicyclic amines) is 2. The zero-order valence-electron chi connectivity index (χ0n) is 47.3. The quantitative estimate of drug-likeness (QED) is 0.0409. The fraction of sp³-hybridized carbons (Fsp3) is 0.377. The molecule has 2 atom stereocenters. The smallest absolute Gasteiger partial charge is 0.408 e. The van der Waals surface area contributed by atoms with Gasteiger partial charge in [0.25, 0.3) is 23.7 Å². The van der Waals surface area contributed by atoms with Gasteiger partial charge in [-0.1, -0.05) is 36.4 Å². The molecule has 450 valence electrons. The fourth-order valence-electron chi connectivity index (χ4n) is 9.55. The van der Waals surface area contributed by atoms with Crippen molar-refractivity contribution in [3.63, 3.8) is 0 Å². The summed E-state index contributed by atoms with van der Waals surface area (Å²) in [6.45, 7) is 3.19. The lowest BCUT2D eigenvalue weighted by molar-refractivity contribution is -0.132. The number of nitrogens with one attached hydrogen (secondary N) is 3. The maximum absolute atomic E-state index is 13.9. The molecule has 4 heterocycles. The Morgan fingerprint density at radius 3 is 1.41 bits per heavy atom. The van der Waals surface area contributed by atoms with Crippen molar-refractivity contribution in [2.24, 2.45) is 0 Å². The molecule has 0 radical (unpaired) electrons. The Labute approximate surface area is 492 Å². The Kier molecular flexibility index (Phi) is 20.3. The van der Waals surface area contributed by atoms with Gasteiger partial charge in [0.05, 0.1) is 86.9 Å². The number of amides is 6. The molecule has 0 spiro atoms. The first-order chi connectivity index (χ1) is 41.1. The predicted octanol–water partition coefficient (Wildman–Crippen LogP) is 6.94. The van der Waals surface area contributed by atoms with Crippen LogP contribution in [0.5, 0.6) is 11.5 Å². The number of hydrogen-bond donors (Lipinski definition) is 3. The minimum atomic E-state index is -3.19. The summed E-state index contributed by atoms with van der Waals surface area (Å²) in [5.74, 6) is -8.48. The molecule has 4 aromatic carbocycles. The van der Waals surface area contributed by atoms with Crippen LogP contribution in [0.3, 0.4) is 0 Å². The number of nitriles is 2. The molecule has 2 fully saturated rings. The molecule has 2 aliphatic heterocycles. The van der Waals surface area contributed by atoms with Crippen molar-refractivity contribution in [3.05, 3.63) is 121 Å². The number of benzene rings is 4. The minimum Gasteiger partial charge on any atom is -0.491 e. The maximum Gasteiger partial charge on any atom is 0.408 e. The van der Waals surface area contributed by atoms with E-state index in [1.807, 2.05) is 36.4 Å². The molecule has 0 unspecified atom stereocenters. The van der Waals surface area contributed by atoms with Crippen LogP contribution in [0, 0.1) is 22.7 Å². The number of carbonyl (C=O) groups is 6. The van der Waals surface area contributed by atoms with Gasteiger partial charge in [-0.25, -0.2) is 22.4 Å². The van der Waals surface area contributed by atoms with Crippen LogP contribution in [0.1, 0.15) is 54.3 Å². The molecule has 25 heteroatoms. The largest absolute Gasteiger partial charge is 0.491 e. The summed E-state index contributed by atoms with van der Waals surface area (Å²) in [4.78, 5) is 89.4. The average molecular weight is 1190 g/mol. The second-order valence-corrected chi connectivity index (χ2v) is 21.2. The number of fused-ring (bicyclic) bond motifs is 2. The molecule has 86 heavy (non-hydrogen) atoms. The molecule has 3 N–H and O–H groups in total. The number of alkyl carbamates (subject to hydrolysis) is 1. The third kappa shape index (κ3) is 16.9. The molecule has 0 saturated carbocycles. The summed E-state index contributed by atoms with van der Waals surface area (Å²) in [6, 6.07) is 29.0. The van der Waals surface area contributed by atoms with Crippen LogP contribution < -0.4 is 25.4 Å². The van der Waals surface area contributed by atoms with E-state index in [-0.39, 0.29) is 70.4 Å². The van der Waals surface area contributed by atoms with E-state index >= 15 is 0 Å². The molecule has 2 aliphatic rings. The van der Waals surface area contributed by atoms with Crippen molar-refractivity contribution in [1.29, 1.82) is 10.5 Å². The van der Waals surface area contributed by atoms with Gasteiger partial charge in [0, 0.05) is 49.1 Å². The number of hydrogen-bond acceptors (Lipinski definition) is 15. The Morgan fingerprint density at radius 1 is 0.581 bits per heavy atom. The zero-order chi connectivity index (χ0) is 61.6. The van der Waals surface area contributed by atoms with E-state index in [4.69, 9.17) is 23.7 Å². The van der Waals surface area contributed by atoms with Gasteiger partial charge in [-0.2, -0.15) is 10.5 Å². The van der Waals surface area contributed by atoms with Gasteiger partial charge in [-0.3, -0.25) is 33.9 Å². The second kappa shape index (κ2) is 28.0. The van der Waals surface area contributed by atoms with E-state index in [9.17, 15) is 56.9 Å². The maximum atomic E-state index is 13.9. The number of nitrogens with zero attached hydrogens (tertiary/aromatic N) is 7. The lowest BCUT2D eigenvalue weighted by Gasteiger charge is -2.24. The Hall–Kier alpha value is -9.46. The van der Waals surface area contributed by atoms with Gasteiger partial charge in [0.15, 0.2) is 0 Å². The number of rotatable bonds is 24. The third-order valence-corrected chi connectivity index (χ3v) is 13.8. The van der Waals surface area contributed by atoms with Crippen LogP contribution in [-0.2, 0) is 28.6 Å². The first-order valence-corrected chi connectivity index (χ1v) is 27.4. The van der Waals surface area contributed by atoms with Crippen molar-refractivity contribution in [1.82, 2.24) is 40.6 Å². The summed E-state index contributed by atoms with van der Waals surface area (Å²) in [6.07, 6.45) is 0.629. The lowest BCUT2D eigenvalue weighted by Crippen LogP contribution is -2.44. The highest BCUT2D eigenvalue weighted by Crippen LogP contribution is 2.34. The number of alkyl halides is 4. The van der Waals surface area contributed by atoms with Gasteiger partial charge in [-0.15, -0.1) is 0 Å². The Balaban J connectivity index is 0.771. The summed E-state index contributed by atoms with van der Waals surface area (Å²) < 4.78 is 84.4. The molecule has 0 bridgehead atoms. The van der Waals surface area contributed by atoms with Crippen LogP contribution in [0.15, 0.2) is 109 Å². The van der Waals surface area contributed by atoms with Crippen LogP contribution in [0.25, 0.3) is 44.1 Å². The normalized spacial score (nSPS) is 16.0. The van der Waals surface area contributed by atoms with Crippen LogP contribution >= 0.6 is 0 Å². The zero-order valence-corrected chi connectivity index (χ0v) is 47.3. The van der Waals surface area contributed by atoms with E-state index < -0.39 is 104 Å². The molecule has 6 amide bonds. The van der Waals surface area contributed by atoms with Gasteiger partial charge in [-0.05, 0) is 104 Å². The molecule has 2 saturated heterocycles. The summed E-state index contributed by atoms with van der Waals surface area (Å²) in [5, 5.41) is 27.0. The van der Waals surface area contributed by atoms with Crippen LogP contribution in [0.4, 0.5) is 22.4 Å². The molecule has 21 nitrogen and oxygen atoms in total. The monoisotopic (exact) mass is 1190 g/mol. The van der Waals surface area contributed by atoms with Gasteiger partial charge in [0.2, 0.25) is 17.7 Å². The SMILES string of the molecule is CC(C)(C)OC(=O)NCC(=O)N(CCOCCOc1ccc(-c2ccc3nccc(C(=O)NCC(=O)N4CC(F)(F)C[C@H]4C#N)c3c2)cc1)CCOCCOc1ccc(-c2ccc3nccc(C(=O)NCC(=O)N4CC(F)(F)C[C@H]4C#N)c3c2)cc1. The highest BCUT2D eigenvalue weighted by molar-refractivity contribution is 6.09. The highest BCUT2D eigenvalue weighted by Gasteiger charge is 2.48. The third-order valence-electron chi connectivity index (χ3n) is 13.8. The number of halogens is 4. The van der Waals surface area contributed by atoms with Gasteiger partial charge >= 0.3 is 6.09 Å². The van der Waals surface area contributed by atoms with Gasteiger partial charge < -0.3 is 54.3 Å². The summed E-state index contributed by atoms with van der Waals surface area (Å²) >= 11 is 0. The molecular weight excluding hydrogens is 1120 g/mol. The number of pyridine rings is 2. The topological polar surface area (TPSA) is 268 Å².